The average Bonchev–Trinajstić information content (AvgIpc) is 2.71. The van der Waals surface area contributed by atoms with Gasteiger partial charge < -0.3 is 5.32 Å². The van der Waals surface area contributed by atoms with E-state index in [4.69, 9.17) is 0 Å². The highest BCUT2D eigenvalue weighted by Crippen LogP contribution is 2.42. The van der Waals surface area contributed by atoms with Crippen LogP contribution in [0.25, 0.3) is 0 Å². The number of hydrogen-bond acceptors (Lipinski definition) is 3. The highest BCUT2D eigenvalue weighted by atomic mass is 32.2. The van der Waals surface area contributed by atoms with Gasteiger partial charge in [0, 0.05) is 6.04 Å². The number of benzene rings is 1. The predicted molar refractivity (Wildman–Crippen MR) is 74.6 cm³/mol. The van der Waals surface area contributed by atoms with Gasteiger partial charge in [-0.25, -0.2) is 13.1 Å². The number of nitrogens with one attached hydrogen (secondary N) is 2. The summed E-state index contributed by atoms with van der Waals surface area (Å²) in [5.41, 5.74) is 2.75. The molecule has 5 heteroatoms. The summed E-state index contributed by atoms with van der Waals surface area (Å²) in [6.45, 7) is 7.59. The first-order valence-corrected chi connectivity index (χ1v) is 8.19. The van der Waals surface area contributed by atoms with Gasteiger partial charge >= 0.3 is 0 Å². The van der Waals surface area contributed by atoms with Crippen LogP contribution in [0.2, 0.25) is 0 Å². The van der Waals surface area contributed by atoms with Gasteiger partial charge in [-0.3, -0.25) is 0 Å². The van der Waals surface area contributed by atoms with Crippen molar-refractivity contribution in [3.05, 3.63) is 28.8 Å². The zero-order valence-corrected chi connectivity index (χ0v) is 12.3. The van der Waals surface area contributed by atoms with Crippen LogP contribution in [0.4, 0.5) is 0 Å². The Balaban J connectivity index is 1.88. The van der Waals surface area contributed by atoms with Crippen molar-refractivity contribution in [3.63, 3.8) is 0 Å². The van der Waals surface area contributed by atoms with Gasteiger partial charge in [0.2, 0.25) is 10.0 Å². The van der Waals surface area contributed by atoms with Crippen LogP contribution in [-0.4, -0.2) is 27.5 Å². The van der Waals surface area contributed by atoms with Crippen molar-refractivity contribution >= 4 is 10.0 Å². The number of sulfonamides is 1. The smallest absolute Gasteiger partial charge is 0.241 e. The Labute approximate surface area is 114 Å². The van der Waals surface area contributed by atoms with E-state index in [1.54, 1.807) is 0 Å². The Bertz CT molecular complexity index is 591. The van der Waals surface area contributed by atoms with E-state index < -0.39 is 10.0 Å². The van der Waals surface area contributed by atoms with Crippen LogP contribution in [0.1, 0.15) is 16.7 Å². The summed E-state index contributed by atoms with van der Waals surface area (Å²) in [6, 6.07) is 3.99. The van der Waals surface area contributed by atoms with E-state index in [0.717, 1.165) is 29.8 Å². The van der Waals surface area contributed by atoms with Gasteiger partial charge in [0.05, 0.1) is 4.90 Å². The molecule has 1 aromatic rings. The van der Waals surface area contributed by atoms with E-state index in [9.17, 15) is 8.42 Å². The van der Waals surface area contributed by atoms with Crippen LogP contribution in [0.5, 0.6) is 0 Å². The van der Waals surface area contributed by atoms with Gasteiger partial charge in [-0.15, -0.1) is 0 Å². The molecule has 1 aromatic carbocycles. The number of fused-ring (bicyclic) bond motifs is 1. The molecule has 0 radical (unpaired) electrons. The molecule has 0 bridgehead atoms. The minimum Gasteiger partial charge on any atom is -0.316 e. The molecule has 4 nitrogen and oxygen atoms in total. The van der Waals surface area contributed by atoms with Gasteiger partial charge in [-0.05, 0) is 56.8 Å². The van der Waals surface area contributed by atoms with Crippen molar-refractivity contribution < 1.29 is 8.42 Å². The highest BCUT2D eigenvalue weighted by Gasteiger charge is 2.54. The summed E-state index contributed by atoms with van der Waals surface area (Å²) in [7, 11) is -3.39. The molecular weight excluding hydrogens is 260 g/mol. The van der Waals surface area contributed by atoms with Crippen LogP contribution in [-0.2, 0) is 10.0 Å². The van der Waals surface area contributed by atoms with Crippen LogP contribution >= 0.6 is 0 Å². The van der Waals surface area contributed by atoms with Crippen LogP contribution in [0, 0.1) is 32.6 Å². The monoisotopic (exact) mass is 280 g/mol. The van der Waals surface area contributed by atoms with Crippen molar-refractivity contribution in [1.29, 1.82) is 0 Å². The SMILES string of the molecule is Cc1cc(C)c(S(=O)(=O)NC2C3CNCC32)c(C)c1. The molecule has 3 rings (SSSR count). The third-order valence-electron chi connectivity index (χ3n) is 4.26. The molecule has 104 valence electrons. The predicted octanol–water partition coefficient (Wildman–Crippen LogP) is 1.11. The van der Waals surface area contributed by atoms with E-state index >= 15 is 0 Å². The Morgan fingerprint density at radius 2 is 1.63 bits per heavy atom. The van der Waals surface area contributed by atoms with Crippen molar-refractivity contribution in [2.24, 2.45) is 11.8 Å². The molecule has 1 heterocycles. The molecule has 0 aromatic heterocycles. The molecule has 0 spiro atoms. The Hall–Kier alpha value is -0.910. The normalized spacial score (nSPS) is 29.3. The maximum absolute atomic E-state index is 12.5. The van der Waals surface area contributed by atoms with Gasteiger partial charge in [-0.1, -0.05) is 17.7 Å². The average molecular weight is 280 g/mol. The number of piperidine rings is 1. The maximum atomic E-state index is 12.5. The third kappa shape index (κ3) is 2.20. The summed E-state index contributed by atoms with van der Waals surface area (Å²) >= 11 is 0. The Morgan fingerprint density at radius 3 is 2.16 bits per heavy atom. The van der Waals surface area contributed by atoms with E-state index in [1.165, 1.54) is 0 Å². The van der Waals surface area contributed by atoms with Gasteiger partial charge in [0.1, 0.15) is 0 Å². The fraction of sp³-hybridized carbons (Fsp3) is 0.571. The second-order valence-electron chi connectivity index (χ2n) is 5.86. The molecule has 1 aliphatic carbocycles. The fourth-order valence-electron chi connectivity index (χ4n) is 3.42. The number of hydrogen-bond donors (Lipinski definition) is 2. The summed E-state index contributed by atoms with van der Waals surface area (Å²) < 4.78 is 28.0. The standard InChI is InChI=1S/C14H20N2O2S/c1-8-4-9(2)14(10(3)5-8)19(17,18)16-13-11-6-15-7-12(11)13/h4-5,11-13,15-16H,6-7H2,1-3H3. The molecule has 2 unspecified atom stereocenters. The molecule has 0 amide bonds. The van der Waals surface area contributed by atoms with E-state index in [2.05, 4.69) is 10.0 Å². The topological polar surface area (TPSA) is 58.2 Å². The summed E-state index contributed by atoms with van der Waals surface area (Å²) in [6.07, 6.45) is 0. The minimum atomic E-state index is -3.39. The first-order valence-electron chi connectivity index (χ1n) is 6.71. The van der Waals surface area contributed by atoms with E-state index in [1.807, 2.05) is 32.9 Å². The lowest BCUT2D eigenvalue weighted by atomic mass is 10.1. The zero-order valence-electron chi connectivity index (χ0n) is 11.5. The summed E-state index contributed by atoms with van der Waals surface area (Å²) in [5, 5.41) is 3.27. The maximum Gasteiger partial charge on any atom is 0.241 e. The summed E-state index contributed by atoms with van der Waals surface area (Å²) in [5.74, 6) is 0.974. The molecule has 2 fully saturated rings. The molecule has 1 saturated heterocycles. The molecule has 2 atom stereocenters. The zero-order chi connectivity index (χ0) is 13.8. The van der Waals surface area contributed by atoms with Crippen LogP contribution in [0.15, 0.2) is 17.0 Å². The largest absolute Gasteiger partial charge is 0.316 e. The quantitative estimate of drug-likeness (QED) is 0.872. The fourth-order valence-corrected chi connectivity index (χ4v) is 5.21. The van der Waals surface area contributed by atoms with Crippen molar-refractivity contribution in [2.45, 2.75) is 31.7 Å². The lowest BCUT2D eigenvalue weighted by Crippen LogP contribution is -2.33. The van der Waals surface area contributed by atoms with E-state index in [0.29, 0.717) is 16.7 Å². The van der Waals surface area contributed by atoms with Gasteiger partial charge in [0.15, 0.2) is 0 Å². The summed E-state index contributed by atoms with van der Waals surface area (Å²) in [4.78, 5) is 0.455. The first kappa shape index (κ1) is 13.1. The van der Waals surface area contributed by atoms with Crippen molar-refractivity contribution in [2.75, 3.05) is 13.1 Å². The van der Waals surface area contributed by atoms with Gasteiger partial charge in [-0.2, -0.15) is 0 Å². The molecular formula is C14H20N2O2S. The molecule has 2 N–H and O–H groups in total. The number of aryl methyl sites for hydroxylation is 3. The molecule has 1 saturated carbocycles. The third-order valence-corrected chi connectivity index (χ3v) is 6.02. The molecule has 1 aliphatic heterocycles. The lowest BCUT2D eigenvalue weighted by Gasteiger charge is -2.14. The van der Waals surface area contributed by atoms with E-state index in [-0.39, 0.29) is 6.04 Å². The second-order valence-corrected chi connectivity index (χ2v) is 7.51. The van der Waals surface area contributed by atoms with Crippen LogP contribution < -0.4 is 10.0 Å². The highest BCUT2D eigenvalue weighted by molar-refractivity contribution is 7.89. The van der Waals surface area contributed by atoms with Gasteiger partial charge in [0.25, 0.3) is 0 Å². The van der Waals surface area contributed by atoms with Crippen molar-refractivity contribution in [1.82, 2.24) is 10.0 Å². The number of rotatable bonds is 3. The second kappa shape index (κ2) is 4.30. The Morgan fingerprint density at radius 1 is 1.11 bits per heavy atom. The molecule has 19 heavy (non-hydrogen) atoms. The molecule has 2 aliphatic rings. The Kier molecular flexibility index (Phi) is 2.96. The minimum absolute atomic E-state index is 0.131. The lowest BCUT2D eigenvalue weighted by molar-refractivity contribution is 0.564. The van der Waals surface area contributed by atoms with Crippen LogP contribution in [0.3, 0.4) is 0 Å². The van der Waals surface area contributed by atoms with Crippen molar-refractivity contribution in [3.8, 4) is 0 Å². The first-order chi connectivity index (χ1) is 8.90.